The number of halogens is 4. The van der Waals surface area contributed by atoms with E-state index in [9.17, 15) is 13.2 Å². The first kappa shape index (κ1) is 19.1. The average molecular weight is 367 g/mol. The van der Waals surface area contributed by atoms with Crippen LogP contribution in [0.3, 0.4) is 0 Å². The molecule has 24 heavy (non-hydrogen) atoms. The van der Waals surface area contributed by atoms with Gasteiger partial charge in [0, 0.05) is 13.1 Å². The van der Waals surface area contributed by atoms with Crippen LogP contribution in [0.4, 0.5) is 13.2 Å². The Labute approximate surface area is 144 Å². The molecule has 0 aromatic heterocycles. The van der Waals surface area contributed by atoms with Crippen molar-refractivity contribution in [1.29, 1.82) is 0 Å². The van der Waals surface area contributed by atoms with Crippen molar-refractivity contribution in [2.45, 2.75) is 19.1 Å². The Morgan fingerprint density at radius 2 is 2.04 bits per heavy atom. The van der Waals surface area contributed by atoms with Gasteiger partial charge in [-0.15, -0.1) is 0 Å². The number of benzene rings is 1. The van der Waals surface area contributed by atoms with Gasteiger partial charge >= 0.3 is 6.18 Å². The highest BCUT2D eigenvalue weighted by molar-refractivity contribution is 6.33. The molecule has 0 spiro atoms. The van der Waals surface area contributed by atoms with E-state index in [0.717, 1.165) is 12.0 Å². The van der Waals surface area contributed by atoms with E-state index in [1.54, 1.807) is 13.2 Å². The van der Waals surface area contributed by atoms with Crippen LogP contribution >= 0.6 is 11.6 Å². The summed E-state index contributed by atoms with van der Waals surface area (Å²) in [6.45, 7) is 1.30. The molecule has 0 amide bonds. The van der Waals surface area contributed by atoms with Crippen LogP contribution in [0.5, 0.6) is 11.5 Å². The van der Waals surface area contributed by atoms with Gasteiger partial charge in [0.15, 0.2) is 11.5 Å². The number of hydrogen-bond donors (Lipinski definition) is 1. The predicted molar refractivity (Wildman–Crippen MR) is 86.9 cm³/mol. The van der Waals surface area contributed by atoms with Gasteiger partial charge in [0.2, 0.25) is 0 Å². The summed E-state index contributed by atoms with van der Waals surface area (Å²) in [6, 6.07) is 3.63. The molecule has 0 aliphatic carbocycles. The summed E-state index contributed by atoms with van der Waals surface area (Å²) in [5.41, 5.74) is 0.861. The summed E-state index contributed by atoms with van der Waals surface area (Å²) < 4.78 is 47.6. The zero-order valence-electron chi connectivity index (χ0n) is 13.8. The largest absolute Gasteiger partial charge is 0.493 e. The fraction of sp³-hybridized carbons (Fsp3) is 0.625. The molecule has 4 nitrogen and oxygen atoms in total. The van der Waals surface area contributed by atoms with Crippen LogP contribution in [-0.2, 0) is 6.54 Å². The Bertz CT molecular complexity index is 555. The highest BCUT2D eigenvalue weighted by Gasteiger charge is 2.34. The maximum absolute atomic E-state index is 12.4. The van der Waals surface area contributed by atoms with Gasteiger partial charge in [0.1, 0.15) is 0 Å². The van der Waals surface area contributed by atoms with E-state index in [1.807, 2.05) is 6.07 Å². The molecule has 1 heterocycles. The maximum Gasteiger partial charge on any atom is 0.401 e. The molecular weight excluding hydrogens is 345 g/mol. The van der Waals surface area contributed by atoms with E-state index >= 15 is 0 Å². The van der Waals surface area contributed by atoms with Gasteiger partial charge in [-0.1, -0.05) is 17.7 Å². The molecule has 0 unspecified atom stereocenters. The number of hydrogen-bond acceptors (Lipinski definition) is 4. The molecule has 2 rings (SSSR count). The standard InChI is InChI=1S/C16H22ClF3N2O2/c1-23-13-4-3-12(14(17)15(13)24-2)8-21-7-11-5-6-22(9-11)10-16(18,19)20/h3-4,11,21H,5-10H2,1-2H3/t11-/m1/s1. The molecule has 1 aliphatic heterocycles. The molecule has 136 valence electrons. The van der Waals surface area contributed by atoms with Crippen LogP contribution in [0.25, 0.3) is 0 Å². The first-order valence-electron chi connectivity index (χ1n) is 7.73. The van der Waals surface area contributed by atoms with E-state index in [-0.39, 0.29) is 5.92 Å². The van der Waals surface area contributed by atoms with Gasteiger partial charge in [-0.05, 0) is 37.1 Å². The average Bonchev–Trinajstić information content (AvgIpc) is 2.93. The number of nitrogens with zero attached hydrogens (tertiary/aromatic N) is 1. The smallest absolute Gasteiger partial charge is 0.401 e. The lowest BCUT2D eigenvalue weighted by atomic mass is 10.1. The van der Waals surface area contributed by atoms with Crippen molar-refractivity contribution in [2.24, 2.45) is 5.92 Å². The van der Waals surface area contributed by atoms with Crippen molar-refractivity contribution in [3.63, 3.8) is 0 Å². The van der Waals surface area contributed by atoms with E-state index in [0.29, 0.717) is 42.7 Å². The maximum atomic E-state index is 12.4. The molecule has 1 atom stereocenters. The highest BCUT2D eigenvalue weighted by Crippen LogP contribution is 2.37. The van der Waals surface area contributed by atoms with Crippen LogP contribution in [0.15, 0.2) is 12.1 Å². The van der Waals surface area contributed by atoms with Crippen molar-refractivity contribution >= 4 is 11.6 Å². The van der Waals surface area contributed by atoms with Crippen LogP contribution in [0.1, 0.15) is 12.0 Å². The SMILES string of the molecule is COc1ccc(CNC[C@H]2CCN(CC(F)(F)F)C2)c(Cl)c1OC. The molecule has 0 radical (unpaired) electrons. The third-order valence-corrected chi connectivity index (χ3v) is 4.50. The lowest BCUT2D eigenvalue weighted by molar-refractivity contribution is -0.143. The third kappa shape index (κ3) is 5.16. The highest BCUT2D eigenvalue weighted by atomic mass is 35.5. The van der Waals surface area contributed by atoms with Crippen molar-refractivity contribution in [1.82, 2.24) is 10.2 Å². The van der Waals surface area contributed by atoms with Crippen LogP contribution in [-0.4, -0.2) is 51.5 Å². The normalized spacial score (nSPS) is 18.8. The molecule has 0 saturated carbocycles. The Morgan fingerprint density at radius 1 is 1.29 bits per heavy atom. The van der Waals surface area contributed by atoms with Gasteiger partial charge in [0.25, 0.3) is 0 Å². The van der Waals surface area contributed by atoms with E-state index in [4.69, 9.17) is 21.1 Å². The second-order valence-corrected chi connectivity index (χ2v) is 6.29. The van der Waals surface area contributed by atoms with E-state index in [1.165, 1.54) is 12.0 Å². The number of ether oxygens (including phenoxy) is 2. The van der Waals surface area contributed by atoms with Crippen LogP contribution < -0.4 is 14.8 Å². The molecule has 1 aromatic carbocycles. The molecule has 1 aliphatic rings. The summed E-state index contributed by atoms with van der Waals surface area (Å²) >= 11 is 6.31. The predicted octanol–water partition coefficient (Wildman–Crippen LogP) is 3.33. The van der Waals surface area contributed by atoms with Gasteiger partial charge in [0.05, 0.1) is 25.8 Å². The number of likely N-dealkylation sites (tertiary alicyclic amines) is 1. The molecule has 1 N–H and O–H groups in total. The molecular formula is C16H22ClF3N2O2. The summed E-state index contributed by atoms with van der Waals surface area (Å²) in [5, 5.41) is 3.75. The summed E-state index contributed by atoms with van der Waals surface area (Å²) in [5.74, 6) is 1.26. The number of methoxy groups -OCH3 is 2. The molecule has 8 heteroatoms. The minimum Gasteiger partial charge on any atom is -0.493 e. The van der Waals surface area contributed by atoms with Crippen molar-refractivity contribution in [2.75, 3.05) is 40.4 Å². The molecule has 1 aromatic rings. The van der Waals surface area contributed by atoms with Gasteiger partial charge in [-0.3, -0.25) is 4.90 Å². The van der Waals surface area contributed by atoms with E-state index < -0.39 is 12.7 Å². The zero-order valence-corrected chi connectivity index (χ0v) is 14.5. The van der Waals surface area contributed by atoms with Crippen molar-refractivity contribution in [3.8, 4) is 11.5 Å². The van der Waals surface area contributed by atoms with Gasteiger partial charge < -0.3 is 14.8 Å². The minimum absolute atomic E-state index is 0.214. The second kappa shape index (κ2) is 8.27. The Balaban J connectivity index is 1.83. The lowest BCUT2D eigenvalue weighted by Gasteiger charge is -2.18. The van der Waals surface area contributed by atoms with Gasteiger partial charge in [-0.25, -0.2) is 0 Å². The quantitative estimate of drug-likeness (QED) is 0.802. The Hall–Kier alpha value is -1.18. The zero-order chi connectivity index (χ0) is 17.7. The van der Waals surface area contributed by atoms with E-state index in [2.05, 4.69) is 5.32 Å². The number of alkyl halides is 3. The van der Waals surface area contributed by atoms with Crippen LogP contribution in [0.2, 0.25) is 5.02 Å². The molecule has 1 saturated heterocycles. The fourth-order valence-electron chi connectivity index (χ4n) is 2.95. The Kier molecular flexibility index (Phi) is 6.60. The van der Waals surface area contributed by atoms with Gasteiger partial charge in [-0.2, -0.15) is 13.2 Å². The summed E-state index contributed by atoms with van der Waals surface area (Å²) in [7, 11) is 3.06. The van der Waals surface area contributed by atoms with Crippen molar-refractivity contribution < 1.29 is 22.6 Å². The summed E-state index contributed by atoms with van der Waals surface area (Å²) in [6.07, 6.45) is -3.36. The Morgan fingerprint density at radius 3 is 2.67 bits per heavy atom. The number of nitrogens with one attached hydrogen (secondary N) is 1. The van der Waals surface area contributed by atoms with Crippen molar-refractivity contribution in [3.05, 3.63) is 22.7 Å². The minimum atomic E-state index is -4.13. The van der Waals surface area contributed by atoms with Crippen LogP contribution in [0, 0.1) is 5.92 Å². The first-order chi connectivity index (χ1) is 11.3. The summed E-state index contributed by atoms with van der Waals surface area (Å²) in [4.78, 5) is 1.45. The lowest BCUT2D eigenvalue weighted by Crippen LogP contribution is -2.33. The first-order valence-corrected chi connectivity index (χ1v) is 8.11. The molecule has 0 bridgehead atoms. The number of rotatable bonds is 7. The topological polar surface area (TPSA) is 33.7 Å². The second-order valence-electron chi connectivity index (χ2n) is 5.91. The third-order valence-electron chi connectivity index (χ3n) is 4.09. The fourth-order valence-corrected chi connectivity index (χ4v) is 3.25. The monoisotopic (exact) mass is 366 g/mol. The molecule has 1 fully saturated rings.